The number of hydrogen-bond donors (Lipinski definition) is 3. The molecule has 0 radical (unpaired) electrons. The molecule has 7 nitrogen and oxygen atoms in total. The lowest BCUT2D eigenvalue weighted by molar-refractivity contribution is -0.139. The van der Waals surface area contributed by atoms with E-state index < -0.39 is 27.9 Å². The molecule has 1 aromatic rings. The van der Waals surface area contributed by atoms with Gasteiger partial charge in [0, 0.05) is 5.56 Å². The van der Waals surface area contributed by atoms with E-state index >= 15 is 0 Å². The van der Waals surface area contributed by atoms with E-state index in [2.05, 4.69) is 10.0 Å². The van der Waals surface area contributed by atoms with Crippen LogP contribution in [0.1, 0.15) is 35.2 Å². The zero-order chi connectivity index (χ0) is 17.2. The molecule has 1 atom stereocenters. The van der Waals surface area contributed by atoms with Crippen LogP contribution in [0.3, 0.4) is 0 Å². The highest BCUT2D eigenvalue weighted by Gasteiger charge is 2.30. The summed E-state index contributed by atoms with van der Waals surface area (Å²) in [7, 11) is -3.46. The molecule has 1 unspecified atom stereocenters. The van der Waals surface area contributed by atoms with Crippen LogP contribution < -0.4 is 10.0 Å². The minimum atomic E-state index is -3.46. The fourth-order valence-corrected chi connectivity index (χ4v) is 2.84. The zero-order valence-electron chi connectivity index (χ0n) is 13.0. The van der Waals surface area contributed by atoms with Crippen LogP contribution in [-0.4, -0.2) is 37.7 Å². The summed E-state index contributed by atoms with van der Waals surface area (Å²) in [5, 5.41) is 11.7. The number of sulfonamides is 1. The predicted octanol–water partition coefficient (Wildman–Crippen LogP) is 1.35. The molecule has 1 amide bonds. The summed E-state index contributed by atoms with van der Waals surface area (Å²) >= 11 is 0. The van der Waals surface area contributed by atoms with Crippen LogP contribution in [0.4, 0.5) is 5.69 Å². The molecular weight excluding hydrogens is 320 g/mol. The molecule has 1 aromatic carbocycles. The van der Waals surface area contributed by atoms with Gasteiger partial charge in [-0.2, -0.15) is 0 Å². The SMILES string of the molecule is Cc1ccc(C(=O)NC(CC2CC2)C(=O)O)cc1NS(C)(=O)=O. The van der Waals surface area contributed by atoms with Crippen LogP contribution in [0.2, 0.25) is 0 Å². The fraction of sp³-hybridized carbons (Fsp3) is 0.467. The van der Waals surface area contributed by atoms with Gasteiger partial charge in [-0.3, -0.25) is 9.52 Å². The van der Waals surface area contributed by atoms with Gasteiger partial charge in [-0.25, -0.2) is 13.2 Å². The van der Waals surface area contributed by atoms with Crippen LogP contribution in [0.25, 0.3) is 0 Å². The van der Waals surface area contributed by atoms with Gasteiger partial charge < -0.3 is 10.4 Å². The van der Waals surface area contributed by atoms with Gasteiger partial charge in [0.25, 0.3) is 5.91 Å². The Morgan fingerprint density at radius 1 is 1.35 bits per heavy atom. The average Bonchev–Trinajstić information content (AvgIpc) is 3.22. The third-order valence-corrected chi connectivity index (χ3v) is 4.26. The number of nitrogens with one attached hydrogen (secondary N) is 2. The van der Waals surface area contributed by atoms with E-state index in [0.29, 0.717) is 23.6 Å². The Kier molecular flexibility index (Phi) is 4.93. The second kappa shape index (κ2) is 6.57. The van der Waals surface area contributed by atoms with Crippen molar-refractivity contribution in [2.75, 3.05) is 11.0 Å². The first-order valence-corrected chi connectivity index (χ1v) is 9.17. The van der Waals surface area contributed by atoms with Crippen molar-refractivity contribution in [1.29, 1.82) is 0 Å². The molecule has 8 heteroatoms. The number of carboxylic acids is 1. The van der Waals surface area contributed by atoms with Gasteiger partial charge in [0.2, 0.25) is 10.0 Å². The number of aryl methyl sites for hydroxylation is 1. The van der Waals surface area contributed by atoms with E-state index in [1.54, 1.807) is 13.0 Å². The Morgan fingerprint density at radius 3 is 2.52 bits per heavy atom. The molecule has 1 aliphatic rings. The van der Waals surface area contributed by atoms with Crippen molar-refractivity contribution in [2.45, 2.75) is 32.2 Å². The van der Waals surface area contributed by atoms with Crippen LogP contribution in [0.5, 0.6) is 0 Å². The minimum absolute atomic E-state index is 0.212. The first-order chi connectivity index (χ1) is 10.7. The van der Waals surface area contributed by atoms with E-state index in [4.69, 9.17) is 0 Å². The normalized spacial score (nSPS) is 15.7. The third kappa shape index (κ3) is 5.24. The predicted molar refractivity (Wildman–Crippen MR) is 85.9 cm³/mol. The Bertz CT molecular complexity index is 725. The minimum Gasteiger partial charge on any atom is -0.480 e. The summed E-state index contributed by atoms with van der Waals surface area (Å²) in [4.78, 5) is 23.5. The first-order valence-electron chi connectivity index (χ1n) is 7.28. The Morgan fingerprint density at radius 2 is 2.00 bits per heavy atom. The maximum atomic E-state index is 12.2. The number of carbonyl (C=O) groups excluding carboxylic acids is 1. The number of carboxylic acid groups (broad SMARTS) is 1. The van der Waals surface area contributed by atoms with Gasteiger partial charge in [0.1, 0.15) is 6.04 Å². The molecule has 1 saturated carbocycles. The van der Waals surface area contributed by atoms with Gasteiger partial charge in [-0.1, -0.05) is 18.9 Å². The van der Waals surface area contributed by atoms with E-state index in [-0.39, 0.29) is 5.56 Å². The molecule has 3 N–H and O–H groups in total. The van der Waals surface area contributed by atoms with E-state index in [9.17, 15) is 23.1 Å². The van der Waals surface area contributed by atoms with Crippen molar-refractivity contribution in [3.05, 3.63) is 29.3 Å². The summed E-state index contributed by atoms with van der Waals surface area (Å²) in [6.07, 6.45) is 3.43. The highest BCUT2D eigenvalue weighted by Crippen LogP contribution is 2.33. The highest BCUT2D eigenvalue weighted by molar-refractivity contribution is 7.92. The standard InChI is InChI=1S/C15H20N2O5S/c1-9-3-6-11(8-12(9)17-23(2,21)22)14(18)16-13(15(19)20)7-10-4-5-10/h3,6,8,10,13,17H,4-5,7H2,1-2H3,(H,16,18)(H,19,20). The van der Waals surface area contributed by atoms with Crippen LogP contribution >= 0.6 is 0 Å². The van der Waals surface area contributed by atoms with Gasteiger partial charge >= 0.3 is 5.97 Å². The summed E-state index contributed by atoms with van der Waals surface area (Å²) in [5.74, 6) is -1.24. The number of carbonyl (C=O) groups is 2. The maximum absolute atomic E-state index is 12.2. The quantitative estimate of drug-likeness (QED) is 0.693. The van der Waals surface area contributed by atoms with Gasteiger partial charge in [-0.15, -0.1) is 0 Å². The van der Waals surface area contributed by atoms with Crippen molar-refractivity contribution in [3.63, 3.8) is 0 Å². The van der Waals surface area contributed by atoms with E-state index in [0.717, 1.165) is 19.1 Å². The maximum Gasteiger partial charge on any atom is 0.326 e. The number of amides is 1. The van der Waals surface area contributed by atoms with Crippen molar-refractivity contribution in [2.24, 2.45) is 5.92 Å². The summed E-state index contributed by atoms with van der Waals surface area (Å²) in [6.45, 7) is 1.71. The molecule has 1 fully saturated rings. The average molecular weight is 340 g/mol. The molecule has 1 aliphatic carbocycles. The second-order valence-electron chi connectivity index (χ2n) is 5.95. The van der Waals surface area contributed by atoms with E-state index in [1.807, 2.05) is 0 Å². The molecule has 0 saturated heterocycles. The molecule has 126 valence electrons. The Balaban J connectivity index is 2.14. The van der Waals surface area contributed by atoms with Gasteiger partial charge in [-0.05, 0) is 37.0 Å². The number of aliphatic carboxylic acids is 1. The first kappa shape index (κ1) is 17.3. The lowest BCUT2D eigenvalue weighted by atomic mass is 10.1. The number of hydrogen-bond acceptors (Lipinski definition) is 4. The summed E-state index contributed by atoms with van der Waals surface area (Å²) in [5.41, 5.74) is 1.18. The van der Waals surface area contributed by atoms with Crippen molar-refractivity contribution in [3.8, 4) is 0 Å². The zero-order valence-corrected chi connectivity index (χ0v) is 13.8. The van der Waals surface area contributed by atoms with Gasteiger partial charge in [0.15, 0.2) is 0 Å². The molecular formula is C15H20N2O5S. The second-order valence-corrected chi connectivity index (χ2v) is 7.70. The van der Waals surface area contributed by atoms with Crippen molar-refractivity contribution in [1.82, 2.24) is 5.32 Å². The Hall–Kier alpha value is -2.09. The summed E-state index contributed by atoms with van der Waals surface area (Å²) in [6, 6.07) is 3.62. The highest BCUT2D eigenvalue weighted by atomic mass is 32.2. The monoisotopic (exact) mass is 340 g/mol. The molecule has 0 aliphatic heterocycles. The molecule has 0 spiro atoms. The summed E-state index contributed by atoms with van der Waals surface area (Å²) < 4.78 is 25.0. The Labute approximate surface area is 135 Å². The number of benzene rings is 1. The van der Waals surface area contributed by atoms with Crippen molar-refractivity contribution >= 4 is 27.6 Å². The van der Waals surface area contributed by atoms with Crippen LogP contribution in [-0.2, 0) is 14.8 Å². The van der Waals surface area contributed by atoms with Crippen LogP contribution in [0, 0.1) is 12.8 Å². The lowest BCUT2D eigenvalue weighted by Crippen LogP contribution is -2.41. The van der Waals surface area contributed by atoms with Crippen LogP contribution in [0.15, 0.2) is 18.2 Å². The van der Waals surface area contributed by atoms with Crippen molar-refractivity contribution < 1.29 is 23.1 Å². The van der Waals surface area contributed by atoms with E-state index in [1.165, 1.54) is 12.1 Å². The largest absolute Gasteiger partial charge is 0.480 e. The topological polar surface area (TPSA) is 113 Å². The molecule has 23 heavy (non-hydrogen) atoms. The number of anilines is 1. The van der Waals surface area contributed by atoms with Gasteiger partial charge in [0.05, 0.1) is 11.9 Å². The fourth-order valence-electron chi connectivity index (χ4n) is 2.22. The lowest BCUT2D eigenvalue weighted by Gasteiger charge is -2.15. The molecule has 0 heterocycles. The molecule has 2 rings (SSSR count). The smallest absolute Gasteiger partial charge is 0.326 e. The molecule has 0 bridgehead atoms. The number of rotatable bonds is 7. The molecule has 0 aromatic heterocycles. The third-order valence-electron chi connectivity index (χ3n) is 3.66.